The lowest BCUT2D eigenvalue weighted by Crippen LogP contribution is -2.38. The van der Waals surface area contributed by atoms with Gasteiger partial charge in [-0.15, -0.1) is 0 Å². The quantitative estimate of drug-likeness (QED) is 0.875. The van der Waals surface area contributed by atoms with E-state index in [1.807, 2.05) is 0 Å². The lowest BCUT2D eigenvalue weighted by atomic mass is 9.89. The number of fused-ring (bicyclic) bond motifs is 2. The summed E-state index contributed by atoms with van der Waals surface area (Å²) in [4.78, 5) is 10.7. The summed E-state index contributed by atoms with van der Waals surface area (Å²) in [7, 11) is -4.29. The Bertz CT molecular complexity index is 876. The Kier molecular flexibility index (Phi) is 4.04. The second kappa shape index (κ2) is 5.71. The number of hydrogen-bond acceptors (Lipinski definition) is 4. The maximum atomic E-state index is 13.1. The molecule has 0 aliphatic carbocycles. The number of carboxylic acid groups (broad SMARTS) is 1. The molecule has 0 spiro atoms. The van der Waals surface area contributed by atoms with Crippen LogP contribution in [-0.2, 0) is 21.0 Å². The van der Waals surface area contributed by atoms with Crippen LogP contribution in [0.5, 0.6) is 0 Å². The van der Waals surface area contributed by atoms with Crippen molar-refractivity contribution in [3.05, 3.63) is 29.3 Å². The monoisotopic (exact) mass is 374 g/mol. The number of halogens is 3. The minimum Gasteiger partial charge on any atom is -0.481 e. The van der Waals surface area contributed by atoms with Crippen LogP contribution in [0.2, 0.25) is 0 Å². The number of nitriles is 1. The van der Waals surface area contributed by atoms with Gasteiger partial charge in [0.2, 0.25) is 10.0 Å². The standard InChI is InChI=1S/C15H13F3N2O4S/c16-15(17,18)12-6-10(3-1-8(12)7-19)25(23,24)20-9-2-4-13(20)11(5-9)14(21)22/h1,3,6,9,11,13H,2,4-5H2,(H,21,22). The average molecular weight is 374 g/mol. The zero-order chi connectivity index (χ0) is 18.6. The highest BCUT2D eigenvalue weighted by Crippen LogP contribution is 2.45. The molecule has 2 aliphatic heterocycles. The second-order valence-corrected chi connectivity index (χ2v) is 7.97. The summed E-state index contributed by atoms with van der Waals surface area (Å²) < 4.78 is 65.9. The molecule has 1 aromatic rings. The molecular formula is C15H13F3N2O4S. The van der Waals surface area contributed by atoms with E-state index in [4.69, 9.17) is 5.26 Å². The van der Waals surface area contributed by atoms with E-state index < -0.39 is 56.2 Å². The SMILES string of the molecule is N#Cc1ccc(S(=O)(=O)N2C3CCC2C(C(=O)O)C3)cc1C(F)(F)F. The molecule has 0 aromatic heterocycles. The first-order chi connectivity index (χ1) is 11.6. The predicted molar refractivity (Wildman–Crippen MR) is 77.7 cm³/mol. The van der Waals surface area contributed by atoms with Crippen molar-refractivity contribution in [1.29, 1.82) is 5.26 Å². The van der Waals surface area contributed by atoms with Crippen LogP contribution >= 0.6 is 0 Å². The molecular weight excluding hydrogens is 361 g/mol. The van der Waals surface area contributed by atoms with Gasteiger partial charge in [0.25, 0.3) is 0 Å². The molecule has 2 saturated heterocycles. The van der Waals surface area contributed by atoms with Gasteiger partial charge in [0.1, 0.15) is 0 Å². The van der Waals surface area contributed by atoms with Gasteiger partial charge in [-0.05, 0) is 37.5 Å². The third kappa shape index (κ3) is 2.77. The summed E-state index contributed by atoms with van der Waals surface area (Å²) in [6.07, 6.45) is -3.87. The van der Waals surface area contributed by atoms with Crippen molar-refractivity contribution in [2.75, 3.05) is 0 Å². The number of alkyl halides is 3. The van der Waals surface area contributed by atoms with Crippen molar-refractivity contribution in [2.45, 2.75) is 42.4 Å². The fourth-order valence-electron chi connectivity index (χ4n) is 3.72. The highest BCUT2D eigenvalue weighted by molar-refractivity contribution is 7.89. The lowest BCUT2D eigenvalue weighted by Gasteiger charge is -2.23. The molecule has 10 heteroatoms. The summed E-state index contributed by atoms with van der Waals surface area (Å²) in [5.41, 5.74) is -1.99. The van der Waals surface area contributed by atoms with Crippen molar-refractivity contribution in [3.63, 3.8) is 0 Å². The Labute approximate surface area is 141 Å². The Morgan fingerprint density at radius 2 is 2.00 bits per heavy atom. The minimum atomic E-state index is -4.87. The highest BCUT2D eigenvalue weighted by Gasteiger charge is 2.54. The molecule has 2 heterocycles. The second-order valence-electron chi connectivity index (χ2n) is 6.13. The smallest absolute Gasteiger partial charge is 0.417 e. The third-order valence-electron chi connectivity index (χ3n) is 4.78. The summed E-state index contributed by atoms with van der Waals surface area (Å²) in [6, 6.07) is 2.34. The number of aliphatic carboxylic acids is 1. The number of nitrogens with zero attached hydrogens (tertiary/aromatic N) is 2. The molecule has 0 amide bonds. The van der Waals surface area contributed by atoms with E-state index in [0.717, 1.165) is 16.4 Å². The summed E-state index contributed by atoms with van der Waals surface area (Å²) in [5, 5.41) is 18.0. The molecule has 2 fully saturated rings. The van der Waals surface area contributed by atoms with Gasteiger partial charge in [-0.25, -0.2) is 8.42 Å². The fraction of sp³-hybridized carbons (Fsp3) is 0.467. The largest absolute Gasteiger partial charge is 0.481 e. The van der Waals surface area contributed by atoms with Crippen LogP contribution < -0.4 is 0 Å². The molecule has 2 bridgehead atoms. The number of benzene rings is 1. The van der Waals surface area contributed by atoms with Gasteiger partial charge in [-0.1, -0.05) is 0 Å². The Morgan fingerprint density at radius 3 is 2.52 bits per heavy atom. The van der Waals surface area contributed by atoms with Crippen LogP contribution in [0.15, 0.2) is 23.1 Å². The summed E-state index contributed by atoms with van der Waals surface area (Å²) in [5.74, 6) is -1.96. The first-order valence-electron chi connectivity index (χ1n) is 7.45. The molecule has 1 N–H and O–H groups in total. The lowest BCUT2D eigenvalue weighted by molar-refractivity contribution is -0.142. The van der Waals surface area contributed by atoms with Gasteiger partial charge in [0.05, 0.1) is 28.0 Å². The molecule has 0 radical (unpaired) electrons. The molecule has 3 rings (SSSR count). The molecule has 134 valence electrons. The third-order valence-corrected chi connectivity index (χ3v) is 6.76. The Morgan fingerprint density at radius 1 is 1.32 bits per heavy atom. The predicted octanol–water partition coefficient (Wildman–Crippen LogP) is 2.20. The number of carbonyl (C=O) groups is 1. The number of rotatable bonds is 3. The molecule has 6 nitrogen and oxygen atoms in total. The van der Waals surface area contributed by atoms with Crippen molar-refractivity contribution < 1.29 is 31.5 Å². The topological polar surface area (TPSA) is 98.5 Å². The normalized spacial score (nSPS) is 26.6. The maximum absolute atomic E-state index is 13.1. The van der Waals surface area contributed by atoms with Crippen LogP contribution in [-0.4, -0.2) is 35.9 Å². The van der Waals surface area contributed by atoms with E-state index in [2.05, 4.69) is 0 Å². The van der Waals surface area contributed by atoms with Crippen molar-refractivity contribution >= 4 is 16.0 Å². The van der Waals surface area contributed by atoms with Gasteiger partial charge < -0.3 is 5.11 Å². The molecule has 0 saturated carbocycles. The van der Waals surface area contributed by atoms with E-state index in [1.54, 1.807) is 0 Å². The van der Waals surface area contributed by atoms with Gasteiger partial charge in [-0.2, -0.15) is 22.7 Å². The van der Waals surface area contributed by atoms with Gasteiger partial charge in [0, 0.05) is 12.1 Å². The van der Waals surface area contributed by atoms with Crippen LogP contribution in [0.3, 0.4) is 0 Å². The summed E-state index contributed by atoms with van der Waals surface area (Å²) >= 11 is 0. The summed E-state index contributed by atoms with van der Waals surface area (Å²) in [6.45, 7) is 0. The van der Waals surface area contributed by atoms with E-state index >= 15 is 0 Å². The van der Waals surface area contributed by atoms with Crippen molar-refractivity contribution in [2.24, 2.45) is 5.92 Å². The van der Waals surface area contributed by atoms with Crippen molar-refractivity contribution in [3.8, 4) is 6.07 Å². The fourth-order valence-corrected chi connectivity index (χ4v) is 5.66. The minimum absolute atomic E-state index is 0.154. The van der Waals surface area contributed by atoms with Gasteiger partial charge in [0.15, 0.2) is 0 Å². The number of sulfonamides is 1. The van der Waals surface area contributed by atoms with Gasteiger partial charge >= 0.3 is 12.1 Å². The first kappa shape index (κ1) is 17.7. The van der Waals surface area contributed by atoms with Crippen LogP contribution in [0.4, 0.5) is 13.2 Å². The van der Waals surface area contributed by atoms with Crippen LogP contribution in [0.1, 0.15) is 30.4 Å². The first-order valence-corrected chi connectivity index (χ1v) is 8.89. The molecule has 25 heavy (non-hydrogen) atoms. The average Bonchev–Trinajstić information content (AvgIpc) is 3.12. The molecule has 1 aromatic carbocycles. The Balaban J connectivity index is 2.05. The zero-order valence-electron chi connectivity index (χ0n) is 12.7. The van der Waals surface area contributed by atoms with Crippen LogP contribution in [0, 0.1) is 17.2 Å². The number of hydrogen-bond donors (Lipinski definition) is 1. The van der Waals surface area contributed by atoms with Crippen molar-refractivity contribution in [1.82, 2.24) is 4.31 Å². The Hall–Kier alpha value is -2.12. The number of carboxylic acids is 1. The van der Waals surface area contributed by atoms with Crippen LogP contribution in [0.25, 0.3) is 0 Å². The van der Waals surface area contributed by atoms with E-state index in [9.17, 15) is 31.5 Å². The van der Waals surface area contributed by atoms with E-state index in [-0.39, 0.29) is 6.42 Å². The molecule has 3 atom stereocenters. The van der Waals surface area contributed by atoms with Gasteiger partial charge in [-0.3, -0.25) is 4.79 Å². The molecule has 3 unspecified atom stereocenters. The molecule has 2 aliphatic rings. The maximum Gasteiger partial charge on any atom is 0.417 e. The highest BCUT2D eigenvalue weighted by atomic mass is 32.2. The van der Waals surface area contributed by atoms with E-state index in [0.29, 0.717) is 18.9 Å². The van der Waals surface area contributed by atoms with E-state index in [1.165, 1.54) is 6.07 Å². The zero-order valence-corrected chi connectivity index (χ0v) is 13.5.